The van der Waals surface area contributed by atoms with E-state index in [-0.39, 0.29) is 11.6 Å². The number of amides is 1. The number of alkyl halides is 3. The maximum atomic E-state index is 14.4. The topological polar surface area (TPSA) is 114 Å². The number of sulfonamides is 1. The van der Waals surface area contributed by atoms with Gasteiger partial charge in [-0.05, 0) is 53.4 Å². The van der Waals surface area contributed by atoms with E-state index in [0.717, 1.165) is 23.3 Å². The number of nitrogens with zero attached hydrogens (tertiary/aromatic N) is 3. The van der Waals surface area contributed by atoms with Crippen LogP contribution in [0.15, 0.2) is 108 Å². The Morgan fingerprint density at radius 3 is 2.15 bits per heavy atom. The Kier molecular flexibility index (Phi) is 10.0. The Morgan fingerprint density at radius 2 is 1.60 bits per heavy atom. The molecule has 1 saturated heterocycles. The molecular weight excluding hydrogens is 629 g/mol. The van der Waals surface area contributed by atoms with E-state index in [0.29, 0.717) is 37.7 Å². The van der Waals surface area contributed by atoms with Gasteiger partial charge in [0.1, 0.15) is 0 Å². The zero-order chi connectivity index (χ0) is 33.8. The first-order chi connectivity index (χ1) is 22.4. The SMILES string of the molecule is CN(C(=O)C(c1ccccc1)c1ccccc1)[C@H](CN1CCC(O)C1)c1cccc(NS(=O)(=O)c2ccc(C#N)c(C(F)(F)F)c2)c1. The summed E-state index contributed by atoms with van der Waals surface area (Å²) in [5, 5.41) is 19.3. The number of carbonyl (C=O) groups excluding carboxylic acids is 1. The Morgan fingerprint density at radius 1 is 0.979 bits per heavy atom. The van der Waals surface area contributed by atoms with Crippen molar-refractivity contribution >= 4 is 21.6 Å². The highest BCUT2D eigenvalue weighted by atomic mass is 32.2. The van der Waals surface area contributed by atoms with Gasteiger partial charge < -0.3 is 10.0 Å². The second-order valence-corrected chi connectivity index (χ2v) is 13.2. The fourth-order valence-electron chi connectivity index (χ4n) is 5.85. The second-order valence-electron chi connectivity index (χ2n) is 11.5. The largest absolute Gasteiger partial charge is 0.417 e. The molecule has 5 rings (SSSR count). The third-order valence-electron chi connectivity index (χ3n) is 8.26. The summed E-state index contributed by atoms with van der Waals surface area (Å²) in [4.78, 5) is 17.4. The number of anilines is 1. The molecule has 2 atom stereocenters. The lowest BCUT2D eigenvalue weighted by atomic mass is 9.89. The van der Waals surface area contributed by atoms with Crippen LogP contribution in [-0.4, -0.2) is 62.0 Å². The zero-order valence-electron chi connectivity index (χ0n) is 25.4. The number of carbonyl (C=O) groups is 1. The number of hydrogen-bond donors (Lipinski definition) is 2. The van der Waals surface area contributed by atoms with Crippen molar-refractivity contribution in [2.45, 2.75) is 35.6 Å². The molecule has 1 aliphatic rings. The zero-order valence-corrected chi connectivity index (χ0v) is 26.2. The first-order valence-corrected chi connectivity index (χ1v) is 16.4. The van der Waals surface area contributed by atoms with E-state index in [2.05, 4.69) is 4.72 Å². The van der Waals surface area contributed by atoms with Gasteiger partial charge in [0.25, 0.3) is 10.0 Å². The van der Waals surface area contributed by atoms with Crippen molar-refractivity contribution in [2.75, 3.05) is 31.4 Å². The van der Waals surface area contributed by atoms with Crippen molar-refractivity contribution in [1.82, 2.24) is 9.80 Å². The fourth-order valence-corrected chi connectivity index (χ4v) is 6.92. The van der Waals surface area contributed by atoms with Crippen LogP contribution in [0.3, 0.4) is 0 Å². The molecule has 1 heterocycles. The summed E-state index contributed by atoms with van der Waals surface area (Å²) in [5.74, 6) is -0.828. The van der Waals surface area contributed by atoms with E-state index in [1.54, 1.807) is 30.1 Å². The molecule has 0 saturated carbocycles. The summed E-state index contributed by atoms with van der Waals surface area (Å²) in [6.07, 6.45) is -4.86. The maximum Gasteiger partial charge on any atom is 0.417 e. The normalized spacial score (nSPS) is 16.1. The molecular formula is C35H33F3N4O4S. The highest BCUT2D eigenvalue weighted by Crippen LogP contribution is 2.35. The maximum absolute atomic E-state index is 14.4. The van der Waals surface area contributed by atoms with Gasteiger partial charge in [-0.25, -0.2) is 8.42 Å². The average molecular weight is 663 g/mol. The molecule has 4 aromatic rings. The standard InChI is InChI=1S/C35H33F3N4O4S/c1-41(34(44)33(24-9-4-2-5-10-24)25-11-6-3-7-12-25)32(23-42-18-17-29(43)22-42)26-13-8-14-28(19-26)40-47(45,46)30-16-15-27(21-39)31(20-30)35(36,37)38/h2-16,19-20,29,32-33,40,43H,17-18,22-23H2,1H3/t29?,32-/m1/s1. The first-order valence-electron chi connectivity index (χ1n) is 14.9. The number of halogens is 3. The smallest absolute Gasteiger partial charge is 0.392 e. The molecule has 1 aliphatic heterocycles. The molecule has 0 aliphatic carbocycles. The highest BCUT2D eigenvalue weighted by Gasteiger charge is 2.36. The van der Waals surface area contributed by atoms with Crippen LogP contribution in [0.4, 0.5) is 18.9 Å². The number of likely N-dealkylation sites (tertiary alicyclic amines) is 1. The number of nitriles is 1. The van der Waals surface area contributed by atoms with Crippen LogP contribution in [0.1, 0.15) is 46.2 Å². The lowest BCUT2D eigenvalue weighted by Crippen LogP contribution is -2.41. The Balaban J connectivity index is 1.49. The van der Waals surface area contributed by atoms with Crippen LogP contribution in [0, 0.1) is 11.3 Å². The van der Waals surface area contributed by atoms with Crippen molar-refractivity contribution in [3.63, 3.8) is 0 Å². The average Bonchev–Trinajstić information content (AvgIpc) is 3.48. The van der Waals surface area contributed by atoms with Gasteiger partial charge in [-0.2, -0.15) is 18.4 Å². The Bertz CT molecular complexity index is 1830. The molecule has 0 bridgehead atoms. The minimum absolute atomic E-state index is 0.0791. The molecule has 1 amide bonds. The fraction of sp³-hybridized carbons (Fsp3) is 0.257. The van der Waals surface area contributed by atoms with Crippen molar-refractivity contribution < 1.29 is 31.5 Å². The van der Waals surface area contributed by atoms with E-state index >= 15 is 0 Å². The molecule has 1 fully saturated rings. The number of likely N-dealkylation sites (N-methyl/N-ethyl adjacent to an activating group) is 1. The molecule has 12 heteroatoms. The molecule has 4 aromatic carbocycles. The van der Waals surface area contributed by atoms with Crippen molar-refractivity contribution in [3.05, 3.63) is 131 Å². The third-order valence-corrected chi connectivity index (χ3v) is 9.64. The van der Waals surface area contributed by atoms with Crippen LogP contribution in [0.2, 0.25) is 0 Å². The number of hydrogen-bond acceptors (Lipinski definition) is 6. The molecule has 2 N–H and O–H groups in total. The first kappa shape index (κ1) is 33.7. The second kappa shape index (κ2) is 14.0. The number of aliphatic hydroxyl groups excluding tert-OH is 1. The summed E-state index contributed by atoms with van der Waals surface area (Å²) in [6, 6.07) is 28.2. The van der Waals surface area contributed by atoms with Gasteiger partial charge in [-0.15, -0.1) is 0 Å². The van der Waals surface area contributed by atoms with Crippen molar-refractivity contribution in [3.8, 4) is 6.07 Å². The van der Waals surface area contributed by atoms with E-state index in [4.69, 9.17) is 5.26 Å². The van der Waals surface area contributed by atoms with Gasteiger partial charge in [0, 0.05) is 32.4 Å². The number of rotatable bonds is 10. The monoisotopic (exact) mass is 662 g/mol. The number of nitrogens with one attached hydrogen (secondary N) is 1. The van der Waals surface area contributed by atoms with Crippen LogP contribution in [-0.2, 0) is 21.0 Å². The van der Waals surface area contributed by atoms with Crippen LogP contribution in [0.25, 0.3) is 0 Å². The van der Waals surface area contributed by atoms with E-state index < -0.39 is 50.3 Å². The lowest BCUT2D eigenvalue weighted by Gasteiger charge is -2.35. The summed E-state index contributed by atoms with van der Waals surface area (Å²) in [7, 11) is -2.81. The summed E-state index contributed by atoms with van der Waals surface area (Å²) in [5.41, 5.74) is 0.218. The van der Waals surface area contributed by atoms with Crippen molar-refractivity contribution in [1.29, 1.82) is 5.26 Å². The predicted octanol–water partition coefficient (Wildman–Crippen LogP) is 5.78. The molecule has 0 radical (unpaired) electrons. The van der Waals surface area contributed by atoms with Crippen LogP contribution >= 0.6 is 0 Å². The Labute approximate surface area is 271 Å². The Hall–Kier alpha value is -4.70. The van der Waals surface area contributed by atoms with Crippen LogP contribution < -0.4 is 4.72 Å². The summed E-state index contributed by atoms with van der Waals surface area (Å²) in [6.45, 7) is 1.36. The van der Waals surface area contributed by atoms with Crippen molar-refractivity contribution in [2.24, 2.45) is 0 Å². The van der Waals surface area contributed by atoms with Crippen LogP contribution in [0.5, 0.6) is 0 Å². The lowest BCUT2D eigenvalue weighted by molar-refractivity contribution is -0.138. The van der Waals surface area contributed by atoms with Gasteiger partial charge in [-0.1, -0.05) is 72.8 Å². The number of β-amino-alcohol motifs (C(OH)–C–C–N with tert-alkyl or cyclic N) is 1. The van der Waals surface area contributed by atoms with Gasteiger partial charge in [0.15, 0.2) is 0 Å². The third kappa shape index (κ3) is 7.82. The number of aliphatic hydroxyl groups is 1. The molecule has 47 heavy (non-hydrogen) atoms. The molecule has 0 aromatic heterocycles. The van der Waals surface area contributed by atoms with E-state index in [1.165, 1.54) is 12.1 Å². The summed E-state index contributed by atoms with van der Waals surface area (Å²) < 4.78 is 69.6. The molecule has 8 nitrogen and oxygen atoms in total. The predicted molar refractivity (Wildman–Crippen MR) is 171 cm³/mol. The highest BCUT2D eigenvalue weighted by molar-refractivity contribution is 7.92. The molecule has 0 spiro atoms. The van der Waals surface area contributed by atoms with Gasteiger partial charge in [0.05, 0.1) is 40.2 Å². The minimum Gasteiger partial charge on any atom is -0.392 e. The quantitative estimate of drug-likeness (QED) is 0.223. The van der Waals surface area contributed by atoms with E-state index in [9.17, 15) is 31.5 Å². The van der Waals surface area contributed by atoms with E-state index in [1.807, 2.05) is 65.6 Å². The molecule has 244 valence electrons. The minimum atomic E-state index is -4.93. The van der Waals surface area contributed by atoms with Gasteiger partial charge in [0.2, 0.25) is 5.91 Å². The van der Waals surface area contributed by atoms with Gasteiger partial charge in [-0.3, -0.25) is 14.4 Å². The summed E-state index contributed by atoms with van der Waals surface area (Å²) >= 11 is 0. The number of benzene rings is 4. The van der Waals surface area contributed by atoms with Gasteiger partial charge >= 0.3 is 6.18 Å². The molecule has 1 unspecified atom stereocenters.